The Kier molecular flexibility index (Phi) is 5.64. The second-order valence-corrected chi connectivity index (χ2v) is 6.66. The Morgan fingerprint density at radius 3 is 2.88 bits per heavy atom. The fraction of sp³-hybridized carbons (Fsp3) is 0.474. The summed E-state index contributed by atoms with van der Waals surface area (Å²) in [6, 6.07) is 10.2. The summed E-state index contributed by atoms with van der Waals surface area (Å²) in [5.74, 6) is 0.00343. The van der Waals surface area contributed by atoms with Crippen LogP contribution in [0.15, 0.2) is 42.7 Å². The normalized spacial score (nSPS) is 20.7. The highest BCUT2D eigenvalue weighted by Crippen LogP contribution is 2.08. The molecule has 1 aromatic heterocycles. The van der Waals surface area contributed by atoms with Crippen molar-refractivity contribution in [3.8, 4) is 5.69 Å². The molecule has 0 saturated carbocycles. The molecule has 1 aliphatic rings. The molecule has 24 heavy (non-hydrogen) atoms. The first-order chi connectivity index (χ1) is 11.7. The molecule has 1 amide bonds. The van der Waals surface area contributed by atoms with Gasteiger partial charge in [0.2, 0.25) is 0 Å². The minimum Gasteiger partial charge on any atom is -0.352 e. The average molecular weight is 327 g/mol. The van der Waals surface area contributed by atoms with E-state index in [0.29, 0.717) is 5.56 Å². The number of hydrogen-bond acceptors (Lipinski definition) is 2. The summed E-state index contributed by atoms with van der Waals surface area (Å²) in [6.45, 7) is 5.52. The fourth-order valence-corrected chi connectivity index (χ4v) is 3.43. The number of benzene rings is 1. The summed E-state index contributed by atoms with van der Waals surface area (Å²) in [7, 11) is 0. The van der Waals surface area contributed by atoms with E-state index < -0.39 is 0 Å². The minimum atomic E-state index is 0.00343. The molecule has 1 aliphatic heterocycles. The van der Waals surface area contributed by atoms with E-state index in [1.807, 2.05) is 36.5 Å². The molecule has 1 aromatic carbocycles. The van der Waals surface area contributed by atoms with Gasteiger partial charge in [-0.25, -0.2) is 4.68 Å². The number of carbonyl (C=O) groups is 1. The van der Waals surface area contributed by atoms with Crippen molar-refractivity contribution in [1.82, 2.24) is 15.1 Å². The maximum atomic E-state index is 12.2. The van der Waals surface area contributed by atoms with Crippen molar-refractivity contribution >= 4 is 5.91 Å². The van der Waals surface area contributed by atoms with E-state index >= 15 is 0 Å². The molecule has 128 valence electrons. The van der Waals surface area contributed by atoms with E-state index in [9.17, 15) is 4.79 Å². The van der Waals surface area contributed by atoms with Gasteiger partial charge in [-0.2, -0.15) is 5.10 Å². The van der Waals surface area contributed by atoms with E-state index in [1.165, 1.54) is 25.8 Å². The Hall–Kier alpha value is -2.14. The monoisotopic (exact) mass is 327 g/mol. The van der Waals surface area contributed by atoms with E-state index in [2.05, 4.69) is 17.3 Å². The van der Waals surface area contributed by atoms with Crippen LogP contribution >= 0.6 is 0 Å². The lowest BCUT2D eigenvalue weighted by atomic mass is 10.0. The third-order valence-corrected chi connectivity index (χ3v) is 4.94. The molecular weight excluding hydrogens is 300 g/mol. The molecule has 2 atom stereocenters. The van der Waals surface area contributed by atoms with Crippen LogP contribution in [0.25, 0.3) is 5.69 Å². The number of aromatic nitrogens is 2. The molecule has 2 aromatic rings. The summed E-state index contributed by atoms with van der Waals surface area (Å²) >= 11 is 0. The SMILES string of the molecule is C[C@@H]1CCCC[NH+]1CCCNC(=O)c1ccc(-n2cccn2)cc1. The molecule has 0 aliphatic carbocycles. The number of rotatable bonds is 6. The molecule has 1 unspecified atom stereocenters. The van der Waals surface area contributed by atoms with E-state index in [1.54, 1.807) is 15.8 Å². The number of nitrogens with zero attached hydrogens (tertiary/aromatic N) is 2. The molecule has 0 spiro atoms. The lowest BCUT2D eigenvalue weighted by molar-refractivity contribution is -0.928. The van der Waals surface area contributed by atoms with Crippen molar-refractivity contribution in [2.24, 2.45) is 0 Å². The molecule has 5 nitrogen and oxygen atoms in total. The van der Waals surface area contributed by atoms with Crippen molar-refractivity contribution in [2.75, 3.05) is 19.6 Å². The molecule has 5 heteroatoms. The van der Waals surface area contributed by atoms with Crippen LogP contribution in [0, 0.1) is 0 Å². The van der Waals surface area contributed by atoms with Crippen LogP contribution in [0.5, 0.6) is 0 Å². The zero-order valence-corrected chi connectivity index (χ0v) is 14.4. The first-order valence-corrected chi connectivity index (χ1v) is 8.97. The topological polar surface area (TPSA) is 51.4 Å². The van der Waals surface area contributed by atoms with Crippen LogP contribution in [0.4, 0.5) is 0 Å². The standard InChI is InChI=1S/C19H26N4O/c1-16-6-2-3-13-22(16)14-4-11-20-19(24)17-7-9-18(10-8-17)23-15-5-12-21-23/h5,7-10,12,15-16H,2-4,6,11,13-14H2,1H3,(H,20,24)/p+1/t16-/m1/s1. The van der Waals surface area contributed by atoms with Gasteiger partial charge >= 0.3 is 0 Å². The molecule has 1 fully saturated rings. The van der Waals surface area contributed by atoms with Crippen LogP contribution < -0.4 is 10.2 Å². The predicted molar refractivity (Wildman–Crippen MR) is 94.5 cm³/mol. The van der Waals surface area contributed by atoms with Crippen molar-refractivity contribution in [2.45, 2.75) is 38.6 Å². The Balaban J connectivity index is 1.43. The van der Waals surface area contributed by atoms with Gasteiger partial charge in [0.15, 0.2) is 0 Å². The number of likely N-dealkylation sites (tertiary alicyclic amines) is 1. The molecule has 1 saturated heterocycles. The van der Waals surface area contributed by atoms with Crippen LogP contribution in [-0.4, -0.2) is 41.4 Å². The summed E-state index contributed by atoms with van der Waals surface area (Å²) < 4.78 is 1.78. The van der Waals surface area contributed by atoms with Gasteiger partial charge in [0, 0.05) is 30.9 Å². The summed E-state index contributed by atoms with van der Waals surface area (Å²) in [4.78, 5) is 13.9. The third-order valence-electron chi connectivity index (χ3n) is 4.94. The number of quaternary nitrogens is 1. The Morgan fingerprint density at radius 2 is 2.17 bits per heavy atom. The molecular formula is C19H27N4O+. The third kappa shape index (κ3) is 4.23. The second-order valence-electron chi connectivity index (χ2n) is 6.66. The summed E-state index contributed by atoms with van der Waals surface area (Å²) in [5.41, 5.74) is 1.66. The smallest absolute Gasteiger partial charge is 0.251 e. The lowest BCUT2D eigenvalue weighted by Gasteiger charge is -2.30. The number of amides is 1. The molecule has 0 radical (unpaired) electrons. The Bertz CT molecular complexity index is 636. The quantitative estimate of drug-likeness (QED) is 0.789. The van der Waals surface area contributed by atoms with Gasteiger partial charge in [-0.3, -0.25) is 4.79 Å². The number of nitrogens with one attached hydrogen (secondary N) is 2. The van der Waals surface area contributed by atoms with Crippen LogP contribution in [0.2, 0.25) is 0 Å². The number of hydrogen-bond donors (Lipinski definition) is 2. The van der Waals surface area contributed by atoms with E-state index in [0.717, 1.165) is 31.2 Å². The van der Waals surface area contributed by atoms with E-state index in [4.69, 9.17) is 0 Å². The predicted octanol–water partition coefficient (Wildman–Crippen LogP) is 1.45. The van der Waals surface area contributed by atoms with Gasteiger partial charge in [-0.05, 0) is 56.5 Å². The lowest BCUT2D eigenvalue weighted by Crippen LogP contribution is -3.16. The maximum Gasteiger partial charge on any atom is 0.251 e. The largest absolute Gasteiger partial charge is 0.352 e. The highest BCUT2D eigenvalue weighted by molar-refractivity contribution is 5.94. The Labute approximate surface area is 143 Å². The van der Waals surface area contributed by atoms with Crippen LogP contribution in [0.1, 0.15) is 43.0 Å². The molecule has 3 rings (SSSR count). The van der Waals surface area contributed by atoms with Crippen LogP contribution in [0.3, 0.4) is 0 Å². The zero-order chi connectivity index (χ0) is 16.8. The highest BCUT2D eigenvalue weighted by atomic mass is 16.1. The van der Waals surface area contributed by atoms with Crippen LogP contribution in [-0.2, 0) is 0 Å². The number of piperidine rings is 1. The summed E-state index contributed by atoms with van der Waals surface area (Å²) in [6.07, 6.45) is 8.72. The van der Waals surface area contributed by atoms with Gasteiger partial charge in [-0.1, -0.05) is 0 Å². The second kappa shape index (κ2) is 8.11. The zero-order valence-electron chi connectivity index (χ0n) is 14.4. The fourth-order valence-electron chi connectivity index (χ4n) is 3.43. The van der Waals surface area contributed by atoms with Gasteiger partial charge in [0.05, 0.1) is 24.8 Å². The Morgan fingerprint density at radius 1 is 1.33 bits per heavy atom. The molecule has 0 bridgehead atoms. The number of carbonyl (C=O) groups excluding carboxylic acids is 1. The van der Waals surface area contributed by atoms with Gasteiger partial charge < -0.3 is 10.2 Å². The summed E-state index contributed by atoms with van der Waals surface area (Å²) in [5, 5.41) is 7.22. The minimum absolute atomic E-state index is 0.00343. The average Bonchev–Trinajstić information content (AvgIpc) is 3.15. The van der Waals surface area contributed by atoms with E-state index in [-0.39, 0.29) is 5.91 Å². The van der Waals surface area contributed by atoms with Crippen molar-refractivity contribution in [3.63, 3.8) is 0 Å². The van der Waals surface area contributed by atoms with Crippen molar-refractivity contribution in [1.29, 1.82) is 0 Å². The van der Waals surface area contributed by atoms with Gasteiger partial charge in [0.25, 0.3) is 5.91 Å². The van der Waals surface area contributed by atoms with Gasteiger partial charge in [-0.15, -0.1) is 0 Å². The highest BCUT2D eigenvalue weighted by Gasteiger charge is 2.20. The first-order valence-electron chi connectivity index (χ1n) is 8.97. The van der Waals surface area contributed by atoms with Crippen molar-refractivity contribution in [3.05, 3.63) is 48.3 Å². The first kappa shape index (κ1) is 16.7. The molecule has 2 N–H and O–H groups in total. The van der Waals surface area contributed by atoms with Gasteiger partial charge in [0.1, 0.15) is 0 Å². The molecule has 2 heterocycles. The maximum absolute atomic E-state index is 12.2. The van der Waals surface area contributed by atoms with Crippen molar-refractivity contribution < 1.29 is 9.69 Å².